The largest absolute Gasteiger partial charge is 0.497 e. The summed E-state index contributed by atoms with van der Waals surface area (Å²) in [6.45, 7) is 1.82. The van der Waals surface area contributed by atoms with Crippen LogP contribution < -0.4 is 10.1 Å². The fourth-order valence-electron chi connectivity index (χ4n) is 4.25. The number of rotatable bonds is 9. The molecule has 0 radical (unpaired) electrons. The van der Waals surface area contributed by atoms with Gasteiger partial charge in [0.2, 0.25) is 5.91 Å². The van der Waals surface area contributed by atoms with Gasteiger partial charge in [0.05, 0.1) is 24.5 Å². The molecular weight excluding hydrogens is 534 g/mol. The smallest absolute Gasteiger partial charge is 0.316 e. The number of nitrogens with one attached hydrogen (secondary N) is 1. The van der Waals surface area contributed by atoms with Crippen LogP contribution in [-0.2, 0) is 20.9 Å². The number of amides is 1. The number of ether oxygens (including phenoxy) is 2. The van der Waals surface area contributed by atoms with E-state index in [1.165, 1.54) is 0 Å². The summed E-state index contributed by atoms with van der Waals surface area (Å²) in [6.07, 6.45) is 0. The summed E-state index contributed by atoms with van der Waals surface area (Å²) in [4.78, 5) is 30.7. The van der Waals surface area contributed by atoms with Gasteiger partial charge in [-0.3, -0.25) is 9.59 Å². The molecule has 1 aliphatic heterocycles. The Morgan fingerprint density at radius 2 is 1.74 bits per heavy atom. The lowest BCUT2D eigenvalue weighted by molar-refractivity contribution is -0.147. The van der Waals surface area contributed by atoms with Crippen LogP contribution in [0.4, 0.5) is 5.69 Å². The number of allylic oxidation sites excluding steroid dienone is 1. The van der Waals surface area contributed by atoms with Crippen LogP contribution in [0.25, 0.3) is 0 Å². The Labute approximate surface area is 236 Å². The molecule has 1 N–H and O–H groups in total. The lowest BCUT2D eigenvalue weighted by atomic mass is 9.77. The number of nitrogens with zero attached hydrogens (tertiary/aromatic N) is 2. The Hall–Kier alpha value is -4.06. The number of esters is 1. The average Bonchev–Trinajstić information content (AvgIpc) is 2.95. The van der Waals surface area contributed by atoms with Gasteiger partial charge in [0.25, 0.3) is 0 Å². The Kier molecular flexibility index (Phi) is 9.42. The number of aliphatic imine (C=N–C) groups is 1. The lowest BCUT2D eigenvalue weighted by Crippen LogP contribution is -2.34. The summed E-state index contributed by atoms with van der Waals surface area (Å²) in [5.41, 5.74) is 2.83. The maximum atomic E-state index is 13.4. The molecule has 0 aromatic heterocycles. The van der Waals surface area contributed by atoms with E-state index in [4.69, 9.17) is 21.1 Å². The second-order valence-electron chi connectivity index (χ2n) is 8.72. The second kappa shape index (κ2) is 13.1. The molecule has 0 saturated carbocycles. The third-order valence-electron chi connectivity index (χ3n) is 6.16. The van der Waals surface area contributed by atoms with E-state index in [9.17, 15) is 14.9 Å². The van der Waals surface area contributed by atoms with E-state index in [2.05, 4.69) is 16.4 Å². The number of methoxy groups -OCH3 is 1. The fourth-order valence-corrected chi connectivity index (χ4v) is 5.38. The first-order valence-corrected chi connectivity index (χ1v) is 13.5. The molecule has 1 amide bonds. The van der Waals surface area contributed by atoms with Crippen LogP contribution in [0.5, 0.6) is 5.75 Å². The molecule has 0 aliphatic carbocycles. The van der Waals surface area contributed by atoms with Crippen molar-refractivity contribution in [1.82, 2.24) is 0 Å². The van der Waals surface area contributed by atoms with Crippen LogP contribution in [0.1, 0.15) is 24.0 Å². The van der Waals surface area contributed by atoms with Crippen molar-refractivity contribution in [2.45, 2.75) is 19.4 Å². The highest BCUT2D eigenvalue weighted by Gasteiger charge is 2.41. The number of hydrogen-bond acceptors (Lipinski definition) is 7. The summed E-state index contributed by atoms with van der Waals surface area (Å²) in [5.74, 6) is -1.62. The van der Waals surface area contributed by atoms with Crippen LogP contribution in [0.2, 0.25) is 5.02 Å². The second-order valence-corrected chi connectivity index (χ2v) is 10.1. The van der Waals surface area contributed by atoms with Crippen molar-refractivity contribution < 1.29 is 19.1 Å². The summed E-state index contributed by atoms with van der Waals surface area (Å²) >= 11 is 7.69. The van der Waals surface area contributed by atoms with Gasteiger partial charge in [0, 0.05) is 22.3 Å². The van der Waals surface area contributed by atoms with Crippen molar-refractivity contribution in [3.8, 4) is 11.8 Å². The van der Waals surface area contributed by atoms with Crippen molar-refractivity contribution in [1.29, 1.82) is 5.26 Å². The summed E-state index contributed by atoms with van der Waals surface area (Å²) in [5, 5.41) is 13.8. The van der Waals surface area contributed by atoms with Crippen LogP contribution in [0.3, 0.4) is 0 Å². The first-order chi connectivity index (χ1) is 18.9. The molecule has 4 rings (SSSR count). The molecule has 3 aromatic carbocycles. The molecule has 1 aliphatic rings. The van der Waals surface area contributed by atoms with E-state index >= 15 is 0 Å². The highest BCUT2D eigenvalue weighted by molar-refractivity contribution is 8.03. The van der Waals surface area contributed by atoms with Crippen molar-refractivity contribution in [2.24, 2.45) is 10.9 Å². The Morgan fingerprint density at radius 1 is 1.05 bits per heavy atom. The molecule has 39 heavy (non-hydrogen) atoms. The first-order valence-electron chi connectivity index (χ1n) is 12.1. The minimum atomic E-state index is -0.847. The third kappa shape index (κ3) is 6.88. The normalized spacial score (nSPS) is 16.6. The van der Waals surface area contributed by atoms with Crippen molar-refractivity contribution in [3.05, 3.63) is 106 Å². The fraction of sp³-hybridized carbons (Fsp3) is 0.200. The van der Waals surface area contributed by atoms with Crippen LogP contribution >= 0.6 is 23.4 Å². The lowest BCUT2D eigenvalue weighted by Gasteiger charge is -2.30. The molecule has 2 atom stereocenters. The number of halogens is 1. The SMILES string of the molecule is COc1ccc(NC(=O)CSC2=C(C#N)C(c3ccccc3Cl)C(C(=O)OCc3ccccc3)C(C)=N2)cc1. The van der Waals surface area contributed by atoms with E-state index in [0.717, 1.165) is 17.3 Å². The predicted octanol–water partition coefficient (Wildman–Crippen LogP) is 6.37. The highest BCUT2D eigenvalue weighted by atomic mass is 35.5. The Balaban J connectivity index is 1.58. The van der Waals surface area contributed by atoms with Gasteiger partial charge in [0.1, 0.15) is 23.3 Å². The number of benzene rings is 3. The molecular formula is C30H26ClN3O4S. The van der Waals surface area contributed by atoms with Crippen molar-refractivity contribution in [2.75, 3.05) is 18.2 Å². The minimum Gasteiger partial charge on any atom is -0.497 e. The zero-order chi connectivity index (χ0) is 27.8. The highest BCUT2D eigenvalue weighted by Crippen LogP contribution is 2.44. The molecule has 7 nitrogen and oxygen atoms in total. The molecule has 0 saturated heterocycles. The number of carbonyl (C=O) groups excluding carboxylic acids is 2. The standard InChI is InChI=1S/C30H26ClN3O4S/c1-19-27(30(36)38-17-20-8-4-3-5-9-20)28(23-10-6-7-11-25(23)31)24(16-32)29(33-19)39-18-26(35)34-21-12-14-22(37-2)15-13-21/h3-15,27-28H,17-18H2,1-2H3,(H,34,35). The molecule has 9 heteroatoms. The molecule has 1 heterocycles. The number of hydrogen-bond donors (Lipinski definition) is 1. The zero-order valence-corrected chi connectivity index (χ0v) is 23.0. The Bertz CT molecular complexity index is 1450. The topological polar surface area (TPSA) is 101 Å². The van der Waals surface area contributed by atoms with Gasteiger partial charge in [0.15, 0.2) is 0 Å². The predicted molar refractivity (Wildman–Crippen MR) is 154 cm³/mol. The molecule has 0 spiro atoms. The van der Waals surface area contributed by atoms with Gasteiger partial charge < -0.3 is 14.8 Å². The third-order valence-corrected chi connectivity index (χ3v) is 7.49. The maximum Gasteiger partial charge on any atom is 0.316 e. The van der Waals surface area contributed by atoms with E-state index in [1.807, 2.05) is 30.3 Å². The van der Waals surface area contributed by atoms with Gasteiger partial charge >= 0.3 is 5.97 Å². The number of carbonyl (C=O) groups is 2. The maximum absolute atomic E-state index is 13.4. The molecule has 3 aromatic rings. The average molecular weight is 560 g/mol. The zero-order valence-electron chi connectivity index (χ0n) is 21.4. The molecule has 0 bridgehead atoms. The van der Waals surface area contributed by atoms with Crippen LogP contribution in [0.15, 0.2) is 94.5 Å². The number of anilines is 1. The van der Waals surface area contributed by atoms with Crippen LogP contribution in [-0.4, -0.2) is 30.5 Å². The van der Waals surface area contributed by atoms with Crippen molar-refractivity contribution >= 4 is 46.6 Å². The number of thioether (sulfide) groups is 1. The quantitative estimate of drug-likeness (QED) is 0.306. The molecule has 198 valence electrons. The molecule has 2 unspecified atom stereocenters. The summed E-state index contributed by atoms with van der Waals surface area (Å²) in [7, 11) is 1.57. The van der Waals surface area contributed by atoms with Gasteiger partial charge in [-0.05, 0) is 48.4 Å². The van der Waals surface area contributed by atoms with Crippen LogP contribution in [0, 0.1) is 17.2 Å². The van der Waals surface area contributed by atoms with Gasteiger partial charge in [-0.1, -0.05) is 71.9 Å². The van der Waals surface area contributed by atoms with E-state index < -0.39 is 17.8 Å². The van der Waals surface area contributed by atoms with Gasteiger partial charge in [-0.2, -0.15) is 5.26 Å². The summed E-state index contributed by atoms with van der Waals surface area (Å²) < 4.78 is 10.8. The summed E-state index contributed by atoms with van der Waals surface area (Å²) in [6, 6.07) is 25.7. The van der Waals surface area contributed by atoms with E-state index in [1.54, 1.807) is 62.6 Å². The van der Waals surface area contributed by atoms with E-state index in [-0.39, 0.29) is 23.8 Å². The van der Waals surface area contributed by atoms with Gasteiger partial charge in [-0.25, -0.2) is 4.99 Å². The molecule has 0 fully saturated rings. The van der Waals surface area contributed by atoms with E-state index in [0.29, 0.717) is 32.8 Å². The Morgan fingerprint density at radius 3 is 2.41 bits per heavy atom. The monoisotopic (exact) mass is 559 g/mol. The first kappa shape index (κ1) is 28.0. The minimum absolute atomic E-state index is 0.0156. The number of nitriles is 1. The van der Waals surface area contributed by atoms with Gasteiger partial charge in [-0.15, -0.1) is 0 Å². The van der Waals surface area contributed by atoms with Crippen molar-refractivity contribution in [3.63, 3.8) is 0 Å².